The normalized spacial score (nSPS) is 18.5. The van der Waals surface area contributed by atoms with Crippen molar-refractivity contribution in [1.29, 1.82) is 0 Å². The molecule has 1 aromatic rings. The minimum Gasteiger partial charge on any atom is -0.305 e. The Labute approximate surface area is 108 Å². The van der Waals surface area contributed by atoms with Gasteiger partial charge in [0.05, 0.1) is 17.2 Å². The van der Waals surface area contributed by atoms with E-state index in [2.05, 4.69) is 28.7 Å². The van der Waals surface area contributed by atoms with Crippen LogP contribution in [0.5, 0.6) is 0 Å². The molecule has 0 spiro atoms. The summed E-state index contributed by atoms with van der Waals surface area (Å²) in [7, 11) is 0. The first-order valence-corrected chi connectivity index (χ1v) is 7.66. The van der Waals surface area contributed by atoms with E-state index in [0.29, 0.717) is 6.04 Å². The number of allylic oxidation sites excluding steroid dienone is 1. The lowest BCUT2D eigenvalue weighted by atomic mass is 9.99. The summed E-state index contributed by atoms with van der Waals surface area (Å²) in [6.07, 6.45) is 10.1. The Bertz CT molecular complexity index is 343. The fraction of sp³-hybridized carbons (Fsp3) is 0.643. The molecule has 2 nitrogen and oxygen atoms in total. The van der Waals surface area contributed by atoms with Crippen LogP contribution >= 0.6 is 11.3 Å². The van der Waals surface area contributed by atoms with Crippen LogP contribution in [0.2, 0.25) is 0 Å². The van der Waals surface area contributed by atoms with E-state index in [9.17, 15) is 0 Å². The lowest BCUT2D eigenvalue weighted by Gasteiger charge is -2.19. The molecule has 0 radical (unpaired) electrons. The van der Waals surface area contributed by atoms with Crippen LogP contribution in [-0.2, 0) is 0 Å². The SMILES string of the molecule is CCCNC(C1=CCCCCC1)c1cscn1. The zero-order valence-corrected chi connectivity index (χ0v) is 11.4. The number of nitrogens with zero attached hydrogens (tertiary/aromatic N) is 1. The average Bonchev–Trinajstić information content (AvgIpc) is 2.73. The monoisotopic (exact) mass is 250 g/mol. The highest BCUT2D eigenvalue weighted by Gasteiger charge is 2.18. The Morgan fingerprint density at radius 1 is 1.41 bits per heavy atom. The van der Waals surface area contributed by atoms with E-state index in [1.54, 1.807) is 16.9 Å². The van der Waals surface area contributed by atoms with Gasteiger partial charge < -0.3 is 5.32 Å². The van der Waals surface area contributed by atoms with Crippen molar-refractivity contribution in [2.45, 2.75) is 51.5 Å². The van der Waals surface area contributed by atoms with E-state index in [-0.39, 0.29) is 0 Å². The molecule has 1 aromatic heterocycles. The lowest BCUT2D eigenvalue weighted by Crippen LogP contribution is -2.24. The quantitative estimate of drug-likeness (QED) is 0.797. The molecule has 0 saturated heterocycles. The fourth-order valence-corrected chi connectivity index (χ4v) is 2.96. The zero-order valence-electron chi connectivity index (χ0n) is 10.6. The predicted octanol–water partition coefficient (Wildman–Crippen LogP) is 4.07. The van der Waals surface area contributed by atoms with Gasteiger partial charge in [-0.05, 0) is 38.6 Å². The third kappa shape index (κ3) is 3.65. The number of thiazole rings is 1. The van der Waals surface area contributed by atoms with E-state index >= 15 is 0 Å². The van der Waals surface area contributed by atoms with Crippen molar-refractivity contribution in [3.8, 4) is 0 Å². The molecule has 0 amide bonds. The third-order valence-electron chi connectivity index (χ3n) is 3.29. The predicted molar refractivity (Wildman–Crippen MR) is 74.3 cm³/mol. The number of nitrogens with one attached hydrogen (secondary N) is 1. The van der Waals surface area contributed by atoms with Crippen molar-refractivity contribution in [1.82, 2.24) is 10.3 Å². The van der Waals surface area contributed by atoms with Crippen LogP contribution in [0.1, 0.15) is 57.2 Å². The Morgan fingerprint density at radius 3 is 3.12 bits per heavy atom. The molecule has 0 fully saturated rings. The summed E-state index contributed by atoms with van der Waals surface area (Å²) in [5.74, 6) is 0. The molecule has 1 aliphatic carbocycles. The molecule has 17 heavy (non-hydrogen) atoms. The Balaban J connectivity index is 2.11. The number of hydrogen-bond acceptors (Lipinski definition) is 3. The first kappa shape index (κ1) is 12.8. The van der Waals surface area contributed by atoms with Gasteiger partial charge in [-0.25, -0.2) is 4.98 Å². The van der Waals surface area contributed by atoms with Crippen LogP contribution < -0.4 is 5.32 Å². The molecular weight excluding hydrogens is 228 g/mol. The number of aromatic nitrogens is 1. The van der Waals surface area contributed by atoms with Crippen LogP contribution in [0.25, 0.3) is 0 Å². The first-order valence-electron chi connectivity index (χ1n) is 6.72. The van der Waals surface area contributed by atoms with Gasteiger partial charge in [0.1, 0.15) is 0 Å². The minimum absolute atomic E-state index is 0.360. The molecule has 1 atom stereocenters. The summed E-state index contributed by atoms with van der Waals surface area (Å²) in [4.78, 5) is 4.49. The lowest BCUT2D eigenvalue weighted by molar-refractivity contribution is 0.558. The maximum atomic E-state index is 4.49. The second-order valence-electron chi connectivity index (χ2n) is 4.68. The largest absolute Gasteiger partial charge is 0.305 e. The highest BCUT2D eigenvalue weighted by molar-refractivity contribution is 7.07. The van der Waals surface area contributed by atoms with Gasteiger partial charge in [0.25, 0.3) is 0 Å². The third-order valence-corrected chi connectivity index (χ3v) is 3.90. The molecule has 1 aliphatic rings. The maximum Gasteiger partial charge on any atom is 0.0795 e. The van der Waals surface area contributed by atoms with Crippen molar-refractivity contribution in [2.24, 2.45) is 0 Å². The highest BCUT2D eigenvalue weighted by atomic mass is 32.1. The van der Waals surface area contributed by atoms with Gasteiger partial charge in [0, 0.05) is 5.38 Å². The number of hydrogen-bond donors (Lipinski definition) is 1. The molecular formula is C14H22N2S. The van der Waals surface area contributed by atoms with E-state index < -0.39 is 0 Å². The molecule has 0 saturated carbocycles. The van der Waals surface area contributed by atoms with Gasteiger partial charge >= 0.3 is 0 Å². The van der Waals surface area contributed by atoms with Crippen molar-refractivity contribution in [3.63, 3.8) is 0 Å². The molecule has 2 rings (SSSR count). The second kappa shape index (κ2) is 6.92. The molecule has 0 bridgehead atoms. The highest BCUT2D eigenvalue weighted by Crippen LogP contribution is 2.29. The Morgan fingerprint density at radius 2 is 2.35 bits per heavy atom. The van der Waals surface area contributed by atoms with E-state index in [0.717, 1.165) is 6.54 Å². The van der Waals surface area contributed by atoms with E-state index in [1.807, 2.05) is 5.51 Å². The van der Waals surface area contributed by atoms with Gasteiger partial charge in [0.15, 0.2) is 0 Å². The summed E-state index contributed by atoms with van der Waals surface area (Å²) >= 11 is 1.69. The Kier molecular flexibility index (Phi) is 5.20. The smallest absolute Gasteiger partial charge is 0.0795 e. The van der Waals surface area contributed by atoms with Crippen molar-refractivity contribution in [2.75, 3.05) is 6.54 Å². The van der Waals surface area contributed by atoms with Crippen LogP contribution in [0.3, 0.4) is 0 Å². The molecule has 0 aliphatic heterocycles. The summed E-state index contributed by atoms with van der Waals surface area (Å²) in [6, 6.07) is 0.360. The van der Waals surface area contributed by atoms with Crippen LogP contribution in [0.4, 0.5) is 0 Å². The van der Waals surface area contributed by atoms with Crippen molar-refractivity contribution in [3.05, 3.63) is 28.2 Å². The van der Waals surface area contributed by atoms with Gasteiger partial charge in [-0.1, -0.05) is 25.0 Å². The average molecular weight is 250 g/mol. The van der Waals surface area contributed by atoms with Crippen molar-refractivity contribution < 1.29 is 0 Å². The van der Waals surface area contributed by atoms with Gasteiger partial charge in [0.2, 0.25) is 0 Å². The second-order valence-corrected chi connectivity index (χ2v) is 5.40. The van der Waals surface area contributed by atoms with Crippen LogP contribution in [-0.4, -0.2) is 11.5 Å². The minimum atomic E-state index is 0.360. The van der Waals surface area contributed by atoms with E-state index in [4.69, 9.17) is 0 Å². The summed E-state index contributed by atoms with van der Waals surface area (Å²) < 4.78 is 0. The topological polar surface area (TPSA) is 24.9 Å². The summed E-state index contributed by atoms with van der Waals surface area (Å²) in [5, 5.41) is 5.82. The molecule has 1 N–H and O–H groups in total. The summed E-state index contributed by atoms with van der Waals surface area (Å²) in [6.45, 7) is 3.28. The number of rotatable bonds is 5. The summed E-state index contributed by atoms with van der Waals surface area (Å²) in [5.41, 5.74) is 4.70. The van der Waals surface area contributed by atoms with Crippen LogP contribution in [0.15, 0.2) is 22.5 Å². The van der Waals surface area contributed by atoms with E-state index in [1.165, 1.54) is 44.2 Å². The van der Waals surface area contributed by atoms with Crippen molar-refractivity contribution >= 4 is 11.3 Å². The molecule has 3 heteroatoms. The van der Waals surface area contributed by atoms with Gasteiger partial charge in [-0.2, -0.15) is 0 Å². The molecule has 1 unspecified atom stereocenters. The fourth-order valence-electron chi connectivity index (χ4n) is 2.38. The first-order chi connectivity index (χ1) is 8.42. The Hall–Kier alpha value is -0.670. The zero-order chi connectivity index (χ0) is 11.9. The molecule has 1 heterocycles. The van der Waals surface area contributed by atoms with Crippen LogP contribution in [0, 0.1) is 0 Å². The van der Waals surface area contributed by atoms with Gasteiger partial charge in [-0.3, -0.25) is 0 Å². The van der Waals surface area contributed by atoms with Gasteiger partial charge in [-0.15, -0.1) is 11.3 Å². The molecule has 0 aromatic carbocycles. The maximum absolute atomic E-state index is 4.49. The standard InChI is InChI=1S/C14H22N2S/c1-2-9-15-14(13-10-17-11-16-13)12-7-5-3-4-6-8-12/h7,10-11,14-15H,2-6,8-9H2,1H3. The molecule has 94 valence electrons.